The second-order valence-electron chi connectivity index (χ2n) is 20.1. The van der Waals surface area contributed by atoms with Gasteiger partial charge in [-0.3, -0.25) is 29.0 Å². The van der Waals surface area contributed by atoms with Crippen LogP contribution in [0.25, 0.3) is 0 Å². The van der Waals surface area contributed by atoms with Gasteiger partial charge in [0, 0.05) is 12.5 Å². The molecule has 6 nitrogen and oxygen atoms in total. The second-order valence-corrected chi connectivity index (χ2v) is 20.1. The minimum Gasteiger partial charge on any atom is -0.285 e. The first-order valence-electron chi connectivity index (χ1n) is 24.2. The van der Waals surface area contributed by atoms with Crippen molar-refractivity contribution in [2.75, 3.05) is 11.9 Å². The molecule has 324 valence electrons. The maximum absolute atomic E-state index is 13.4. The number of hydrogen-bond donors (Lipinski definition) is 0. The molecule has 0 bridgehead atoms. The van der Waals surface area contributed by atoms with Gasteiger partial charge in [0.1, 0.15) is 0 Å². The summed E-state index contributed by atoms with van der Waals surface area (Å²) in [7, 11) is 1.44. The molecular weight excluding hydrogens is 765 g/mol. The van der Waals surface area contributed by atoms with Gasteiger partial charge in [-0.2, -0.15) is 0 Å². The number of hydrogen-bond acceptors (Lipinski definition) is 4. The van der Waals surface area contributed by atoms with Crippen molar-refractivity contribution in [3.8, 4) is 0 Å². The molecule has 3 aliphatic carbocycles. The molecule has 4 amide bonds. The first-order chi connectivity index (χ1) is 30.1. The lowest BCUT2D eigenvalue weighted by Gasteiger charge is -2.43. The Morgan fingerprint density at radius 2 is 0.919 bits per heavy atom. The third kappa shape index (κ3) is 8.24. The van der Waals surface area contributed by atoms with E-state index in [1.165, 1.54) is 142 Å². The fraction of sp³-hybridized carbons (Fsp3) is 0.500. The molecule has 0 radical (unpaired) electrons. The first kappa shape index (κ1) is 42.5. The monoisotopic (exact) mass is 831 g/mol. The maximum Gasteiger partial charge on any atom is 0.238 e. The summed E-state index contributed by atoms with van der Waals surface area (Å²) < 4.78 is 0. The quantitative estimate of drug-likeness (QED) is 0.0883. The van der Waals surface area contributed by atoms with Crippen molar-refractivity contribution in [1.82, 2.24) is 4.90 Å². The van der Waals surface area contributed by atoms with Gasteiger partial charge in [-0.15, -0.1) is 0 Å². The Morgan fingerprint density at radius 1 is 0.500 bits per heavy atom. The standard InChI is InChI=1S/C56H66N2O4/c1-4-5-6-7-8-9-38-14-16-40(17-15-38)36-44-30-32-56(33-31-44,45-24-18-41(19-25-45)34-39-12-10-37(2)11-13-39)46-26-20-42(21-27-46)35-43-22-28-47(29-23-43)58-54(61)50-48-49(51(50)55(58)62)53(60)57(3)52(48)59/h10-13,18-29,38,40,44,48-51H,4-9,14-17,30-36H2,1-3H3. The van der Waals surface area contributed by atoms with Crippen LogP contribution in [-0.2, 0) is 37.4 Å². The first-order valence-corrected chi connectivity index (χ1v) is 24.2. The van der Waals surface area contributed by atoms with E-state index >= 15 is 0 Å². The van der Waals surface area contributed by atoms with Gasteiger partial charge >= 0.3 is 0 Å². The number of unbranched alkanes of at least 4 members (excludes halogenated alkanes) is 4. The summed E-state index contributed by atoms with van der Waals surface area (Å²) >= 11 is 0. The van der Waals surface area contributed by atoms with Gasteiger partial charge in [-0.1, -0.05) is 162 Å². The fourth-order valence-electron chi connectivity index (χ4n) is 12.4. The van der Waals surface area contributed by atoms with Crippen molar-refractivity contribution in [2.24, 2.45) is 41.4 Å². The van der Waals surface area contributed by atoms with E-state index in [0.29, 0.717) is 5.69 Å². The number of fused-ring (bicyclic) bond motifs is 4. The highest BCUT2D eigenvalue weighted by molar-refractivity contribution is 6.27. The SMILES string of the molecule is CCCCCCCC1CCC(CC2CCC(c3ccc(Cc4ccc(C)cc4)cc3)(c3ccc(Cc4ccc(N5C(=O)C6C7C(=O)N(C)C(=O)C7C6C5=O)cc4)cc3)CC2)CC1. The number of benzene rings is 4. The summed E-state index contributed by atoms with van der Waals surface area (Å²) in [6, 6.07) is 35.4. The summed E-state index contributed by atoms with van der Waals surface area (Å²) in [6.07, 6.45) is 22.2. The summed E-state index contributed by atoms with van der Waals surface area (Å²) in [5, 5.41) is 0. The Balaban J connectivity index is 0.860. The lowest BCUT2D eigenvalue weighted by Crippen LogP contribution is -2.50. The Morgan fingerprint density at radius 3 is 1.42 bits per heavy atom. The number of amides is 4. The predicted molar refractivity (Wildman–Crippen MR) is 247 cm³/mol. The fourth-order valence-corrected chi connectivity index (χ4v) is 12.4. The van der Waals surface area contributed by atoms with Crippen LogP contribution in [0.5, 0.6) is 0 Å². The molecule has 2 saturated heterocycles. The highest BCUT2D eigenvalue weighted by Crippen LogP contribution is 2.57. The van der Waals surface area contributed by atoms with Crippen molar-refractivity contribution < 1.29 is 19.2 Å². The molecule has 0 spiro atoms. The molecule has 9 rings (SSSR count). The zero-order valence-electron chi connectivity index (χ0n) is 37.3. The van der Waals surface area contributed by atoms with Gasteiger partial charge in [0.25, 0.3) is 0 Å². The number of carbonyl (C=O) groups excluding carboxylic acids is 4. The number of imide groups is 2. The number of nitrogens with zero attached hydrogens (tertiary/aromatic N) is 2. The van der Waals surface area contributed by atoms with Gasteiger partial charge in [0.05, 0.1) is 29.4 Å². The minimum atomic E-state index is -0.735. The van der Waals surface area contributed by atoms with E-state index in [4.69, 9.17) is 0 Å². The van der Waals surface area contributed by atoms with E-state index < -0.39 is 23.7 Å². The van der Waals surface area contributed by atoms with Crippen LogP contribution < -0.4 is 4.90 Å². The van der Waals surface area contributed by atoms with Crippen LogP contribution in [0.15, 0.2) is 97.1 Å². The molecule has 62 heavy (non-hydrogen) atoms. The van der Waals surface area contributed by atoms with Gasteiger partial charge in [-0.25, -0.2) is 0 Å². The normalized spacial score (nSPS) is 28.3. The van der Waals surface area contributed by atoms with E-state index in [2.05, 4.69) is 86.6 Å². The van der Waals surface area contributed by atoms with Crippen molar-refractivity contribution in [3.63, 3.8) is 0 Å². The van der Waals surface area contributed by atoms with Crippen LogP contribution in [0, 0.1) is 48.3 Å². The Hall–Kier alpha value is -4.84. The third-order valence-electron chi connectivity index (χ3n) is 16.2. The number of rotatable bonds is 15. The molecular formula is C56H66N2O4. The van der Waals surface area contributed by atoms with Gasteiger partial charge < -0.3 is 0 Å². The molecule has 3 saturated carbocycles. The number of carbonyl (C=O) groups is 4. The topological polar surface area (TPSA) is 74.8 Å². The Bertz CT molecular complexity index is 2190. The highest BCUT2D eigenvalue weighted by Gasteiger charge is 2.73. The van der Waals surface area contributed by atoms with Crippen molar-refractivity contribution in [1.29, 1.82) is 0 Å². The summed E-state index contributed by atoms with van der Waals surface area (Å²) in [5.74, 6) is -1.61. The van der Waals surface area contributed by atoms with Gasteiger partial charge in [0.2, 0.25) is 23.6 Å². The molecule has 4 aromatic carbocycles. The molecule has 4 unspecified atom stereocenters. The maximum atomic E-state index is 13.4. The lowest BCUT2D eigenvalue weighted by atomic mass is 9.59. The zero-order chi connectivity index (χ0) is 43.0. The Kier molecular flexibility index (Phi) is 12.4. The molecule has 5 aliphatic rings. The molecule has 0 N–H and O–H groups in total. The molecule has 2 aliphatic heterocycles. The molecule has 4 aromatic rings. The number of anilines is 1. The van der Waals surface area contributed by atoms with Crippen LogP contribution in [0.1, 0.15) is 142 Å². The largest absolute Gasteiger partial charge is 0.285 e. The third-order valence-corrected chi connectivity index (χ3v) is 16.2. The van der Waals surface area contributed by atoms with Crippen LogP contribution in [0.3, 0.4) is 0 Å². The van der Waals surface area contributed by atoms with Crippen molar-refractivity contribution in [2.45, 2.75) is 128 Å². The smallest absolute Gasteiger partial charge is 0.238 e. The minimum absolute atomic E-state index is 0.00808. The van der Waals surface area contributed by atoms with E-state index in [9.17, 15) is 19.2 Å². The summed E-state index contributed by atoms with van der Waals surface area (Å²) in [6.45, 7) is 4.45. The van der Waals surface area contributed by atoms with E-state index in [0.717, 1.165) is 41.1 Å². The van der Waals surface area contributed by atoms with Crippen molar-refractivity contribution >= 4 is 29.3 Å². The number of aryl methyl sites for hydroxylation is 1. The van der Waals surface area contributed by atoms with Crippen LogP contribution in [0.4, 0.5) is 5.69 Å². The van der Waals surface area contributed by atoms with Gasteiger partial charge in [0.15, 0.2) is 0 Å². The summed E-state index contributed by atoms with van der Waals surface area (Å²) in [5.41, 5.74) is 9.65. The van der Waals surface area contributed by atoms with Crippen LogP contribution in [0.2, 0.25) is 0 Å². The molecule has 5 fully saturated rings. The Labute approximate surface area is 369 Å². The molecule has 4 atom stereocenters. The lowest BCUT2D eigenvalue weighted by molar-refractivity contribution is -0.146. The van der Waals surface area contributed by atoms with E-state index in [-0.39, 0.29) is 29.0 Å². The van der Waals surface area contributed by atoms with E-state index in [1.807, 2.05) is 24.3 Å². The average molecular weight is 831 g/mol. The molecule has 6 heteroatoms. The predicted octanol–water partition coefficient (Wildman–Crippen LogP) is 11.6. The zero-order valence-corrected chi connectivity index (χ0v) is 37.3. The number of likely N-dealkylation sites (tertiary alicyclic amines) is 1. The molecule has 0 aromatic heterocycles. The van der Waals surface area contributed by atoms with E-state index in [1.54, 1.807) is 0 Å². The highest BCUT2D eigenvalue weighted by atomic mass is 16.2. The second kappa shape index (κ2) is 18.1. The van der Waals surface area contributed by atoms with Crippen molar-refractivity contribution in [3.05, 3.63) is 136 Å². The molecule has 2 heterocycles. The van der Waals surface area contributed by atoms with Crippen LogP contribution in [-0.4, -0.2) is 35.6 Å². The summed E-state index contributed by atoms with van der Waals surface area (Å²) in [4.78, 5) is 54.5. The average Bonchev–Trinajstić information content (AvgIpc) is 3.60. The van der Waals surface area contributed by atoms with Gasteiger partial charge in [-0.05, 0) is 115 Å². The van der Waals surface area contributed by atoms with Crippen LogP contribution >= 0.6 is 0 Å².